The zero-order valence-corrected chi connectivity index (χ0v) is 14.6. The number of amides is 1. The zero-order valence-electron chi connectivity index (χ0n) is 12.9. The van der Waals surface area contributed by atoms with Gasteiger partial charge in [0.2, 0.25) is 0 Å². The monoisotopic (exact) mass is 360 g/mol. The highest BCUT2D eigenvalue weighted by atomic mass is 32.2. The minimum absolute atomic E-state index is 0.0369. The van der Waals surface area contributed by atoms with E-state index in [0.717, 1.165) is 25.0 Å². The molecule has 0 N–H and O–H groups in total. The fourth-order valence-corrected chi connectivity index (χ4v) is 3.90. The number of carbonyl (C=O) groups excluding carboxylic acids is 1. The molecule has 1 atom stereocenters. The summed E-state index contributed by atoms with van der Waals surface area (Å²) in [7, 11) is 0. The summed E-state index contributed by atoms with van der Waals surface area (Å²) in [5.74, 6) is 0.471. The van der Waals surface area contributed by atoms with Gasteiger partial charge in [0.05, 0.1) is 17.6 Å². The molecule has 1 aromatic carbocycles. The van der Waals surface area contributed by atoms with E-state index in [4.69, 9.17) is 27.0 Å². The van der Waals surface area contributed by atoms with Crippen molar-refractivity contribution in [3.63, 3.8) is 0 Å². The van der Waals surface area contributed by atoms with Crippen molar-refractivity contribution in [2.24, 2.45) is 0 Å². The number of thiocarbonyl (C=S) groups is 1. The minimum atomic E-state index is -0.101. The van der Waals surface area contributed by atoms with Crippen LogP contribution in [0.25, 0.3) is 6.08 Å². The van der Waals surface area contributed by atoms with Gasteiger partial charge in [-0.15, -0.1) is 0 Å². The normalized spacial score (nSPS) is 22.2. The van der Waals surface area contributed by atoms with Gasteiger partial charge in [-0.05, 0) is 25.0 Å². The zero-order chi connectivity index (χ0) is 16.9. The summed E-state index contributed by atoms with van der Waals surface area (Å²) in [6.07, 6.45) is 3.82. The average molecular weight is 360 g/mol. The first kappa shape index (κ1) is 17.0. The quantitative estimate of drug-likeness (QED) is 0.594. The number of hydrogen-bond donors (Lipinski definition) is 0. The van der Waals surface area contributed by atoms with Gasteiger partial charge in [-0.25, -0.2) is 0 Å². The van der Waals surface area contributed by atoms with Crippen LogP contribution in [0.2, 0.25) is 0 Å². The van der Waals surface area contributed by atoms with Crippen molar-refractivity contribution >= 4 is 40.3 Å². The molecule has 0 saturated carbocycles. The Morgan fingerprint density at radius 2 is 2.33 bits per heavy atom. The van der Waals surface area contributed by atoms with Gasteiger partial charge in [-0.2, -0.15) is 5.26 Å². The highest BCUT2D eigenvalue weighted by molar-refractivity contribution is 8.26. The van der Waals surface area contributed by atoms with Crippen LogP contribution in [-0.4, -0.2) is 41.0 Å². The Morgan fingerprint density at radius 1 is 1.50 bits per heavy atom. The number of hydrogen-bond acceptors (Lipinski definition) is 6. The molecule has 1 aromatic rings. The summed E-state index contributed by atoms with van der Waals surface area (Å²) in [6.45, 7) is 1.22. The molecule has 2 heterocycles. The Balaban J connectivity index is 1.77. The summed E-state index contributed by atoms with van der Waals surface area (Å²) in [5.41, 5.74) is 0.755. The van der Waals surface area contributed by atoms with E-state index in [1.807, 2.05) is 24.3 Å². The summed E-state index contributed by atoms with van der Waals surface area (Å²) < 4.78 is 11.5. The lowest BCUT2D eigenvalue weighted by molar-refractivity contribution is -0.123. The van der Waals surface area contributed by atoms with Gasteiger partial charge in [-0.1, -0.05) is 42.2 Å². The number of benzene rings is 1. The molecule has 1 amide bonds. The standard InChI is InChI=1S/C17H16N2O3S2/c18-7-9-22-14-6-2-1-4-12(14)10-15-16(20)19(17(23)24-15)11-13-5-3-8-21-13/h1-2,4,6,10,13H,3,5,8-9,11H2/b15-10-/t13-/m0/s1. The molecule has 2 aliphatic heterocycles. The van der Waals surface area contributed by atoms with Crippen LogP contribution in [0.1, 0.15) is 18.4 Å². The predicted molar refractivity (Wildman–Crippen MR) is 96.4 cm³/mol. The van der Waals surface area contributed by atoms with E-state index in [1.165, 1.54) is 11.8 Å². The fourth-order valence-electron chi connectivity index (χ4n) is 2.63. The number of rotatable bonds is 5. The van der Waals surface area contributed by atoms with Crippen molar-refractivity contribution in [1.82, 2.24) is 4.90 Å². The maximum Gasteiger partial charge on any atom is 0.266 e. The topological polar surface area (TPSA) is 62.6 Å². The second-order valence-corrected chi connectivity index (χ2v) is 7.09. The van der Waals surface area contributed by atoms with E-state index in [-0.39, 0.29) is 18.6 Å². The molecule has 2 saturated heterocycles. The molecule has 7 heteroatoms. The third-order valence-corrected chi connectivity index (χ3v) is 5.16. The van der Waals surface area contributed by atoms with E-state index < -0.39 is 0 Å². The summed E-state index contributed by atoms with van der Waals surface area (Å²) in [5, 5.41) is 8.67. The van der Waals surface area contributed by atoms with Crippen LogP contribution in [0.5, 0.6) is 5.75 Å². The van der Waals surface area contributed by atoms with Gasteiger partial charge in [0, 0.05) is 12.2 Å². The Labute approximate surface area is 150 Å². The molecule has 0 aromatic heterocycles. The molecule has 124 valence electrons. The largest absolute Gasteiger partial charge is 0.478 e. The lowest BCUT2D eigenvalue weighted by atomic mass is 10.2. The van der Waals surface area contributed by atoms with Gasteiger partial charge >= 0.3 is 0 Å². The van der Waals surface area contributed by atoms with Crippen molar-refractivity contribution < 1.29 is 14.3 Å². The maximum atomic E-state index is 12.6. The summed E-state index contributed by atoms with van der Waals surface area (Å²) in [6, 6.07) is 9.25. The summed E-state index contributed by atoms with van der Waals surface area (Å²) in [4.78, 5) is 14.8. The molecule has 2 fully saturated rings. The number of para-hydroxylation sites is 1. The number of nitrogens with zero attached hydrogens (tertiary/aromatic N) is 2. The van der Waals surface area contributed by atoms with Crippen LogP contribution in [0.3, 0.4) is 0 Å². The predicted octanol–water partition coefficient (Wildman–Crippen LogP) is 2.97. The number of thioether (sulfide) groups is 1. The highest BCUT2D eigenvalue weighted by Crippen LogP contribution is 2.35. The molecule has 0 radical (unpaired) electrons. The maximum absolute atomic E-state index is 12.6. The second-order valence-electron chi connectivity index (χ2n) is 5.41. The van der Waals surface area contributed by atoms with Gasteiger partial charge < -0.3 is 9.47 Å². The molecular weight excluding hydrogens is 344 g/mol. The molecule has 24 heavy (non-hydrogen) atoms. The van der Waals surface area contributed by atoms with Gasteiger partial charge in [0.1, 0.15) is 16.1 Å². The molecule has 3 rings (SSSR count). The van der Waals surface area contributed by atoms with Crippen LogP contribution in [0.15, 0.2) is 29.2 Å². The lowest BCUT2D eigenvalue weighted by Gasteiger charge is -2.18. The van der Waals surface area contributed by atoms with Crippen LogP contribution < -0.4 is 4.74 Å². The average Bonchev–Trinajstić information content (AvgIpc) is 3.18. The van der Waals surface area contributed by atoms with Gasteiger partial charge in [-0.3, -0.25) is 9.69 Å². The molecule has 0 aliphatic carbocycles. The minimum Gasteiger partial charge on any atom is -0.478 e. The Hall–Kier alpha value is -1.88. The lowest BCUT2D eigenvalue weighted by Crippen LogP contribution is -2.35. The molecule has 0 spiro atoms. The van der Waals surface area contributed by atoms with Crippen LogP contribution in [0.4, 0.5) is 0 Å². The summed E-state index contributed by atoms with van der Waals surface area (Å²) >= 11 is 6.63. The first-order valence-corrected chi connectivity index (χ1v) is 8.87. The van der Waals surface area contributed by atoms with E-state index >= 15 is 0 Å². The van der Waals surface area contributed by atoms with Crippen LogP contribution in [0, 0.1) is 11.3 Å². The number of ether oxygens (including phenoxy) is 2. The second kappa shape index (κ2) is 7.79. The van der Waals surface area contributed by atoms with Crippen molar-refractivity contribution in [2.45, 2.75) is 18.9 Å². The molecule has 0 bridgehead atoms. The van der Waals surface area contributed by atoms with Crippen molar-refractivity contribution in [2.75, 3.05) is 19.8 Å². The van der Waals surface area contributed by atoms with Crippen molar-refractivity contribution in [3.8, 4) is 11.8 Å². The van der Waals surface area contributed by atoms with Crippen LogP contribution >= 0.6 is 24.0 Å². The third kappa shape index (κ3) is 3.78. The number of nitriles is 1. The first-order valence-electron chi connectivity index (χ1n) is 7.65. The van der Waals surface area contributed by atoms with Crippen LogP contribution in [-0.2, 0) is 9.53 Å². The third-order valence-electron chi connectivity index (χ3n) is 3.78. The van der Waals surface area contributed by atoms with E-state index in [0.29, 0.717) is 21.5 Å². The van der Waals surface area contributed by atoms with E-state index in [9.17, 15) is 4.79 Å². The van der Waals surface area contributed by atoms with Gasteiger partial charge in [0.15, 0.2) is 6.61 Å². The fraction of sp³-hybridized carbons (Fsp3) is 0.353. The number of carbonyl (C=O) groups is 1. The molecule has 2 aliphatic rings. The molecular formula is C17H16N2O3S2. The molecule has 0 unspecified atom stereocenters. The Kier molecular flexibility index (Phi) is 5.51. The van der Waals surface area contributed by atoms with Gasteiger partial charge in [0.25, 0.3) is 5.91 Å². The first-order chi connectivity index (χ1) is 11.7. The Morgan fingerprint density at radius 3 is 3.08 bits per heavy atom. The van der Waals surface area contributed by atoms with E-state index in [2.05, 4.69) is 0 Å². The van der Waals surface area contributed by atoms with Crippen molar-refractivity contribution in [1.29, 1.82) is 5.26 Å². The van der Waals surface area contributed by atoms with Crippen molar-refractivity contribution in [3.05, 3.63) is 34.7 Å². The smallest absolute Gasteiger partial charge is 0.266 e. The molecule has 5 nitrogen and oxygen atoms in total. The highest BCUT2D eigenvalue weighted by Gasteiger charge is 2.34. The SMILES string of the molecule is N#CCOc1ccccc1/C=C1\SC(=S)N(C[C@@H]2CCCO2)C1=O. The Bertz CT molecular complexity index is 721. The van der Waals surface area contributed by atoms with E-state index in [1.54, 1.807) is 17.0 Å².